The van der Waals surface area contributed by atoms with E-state index >= 15 is 0 Å². The van der Waals surface area contributed by atoms with Gasteiger partial charge in [0.05, 0.1) is 15.9 Å². The van der Waals surface area contributed by atoms with Crippen LogP contribution >= 0.6 is 11.3 Å². The summed E-state index contributed by atoms with van der Waals surface area (Å²) in [6.45, 7) is 11.2. The molecule has 0 radical (unpaired) electrons. The van der Waals surface area contributed by atoms with Crippen LogP contribution in [-0.4, -0.2) is 11.8 Å². The van der Waals surface area contributed by atoms with Crippen LogP contribution in [0.1, 0.15) is 60.5 Å². The monoisotopic (exact) mass is 348 g/mol. The molecule has 0 saturated carbocycles. The zero-order valence-electron chi connectivity index (χ0n) is 14.9. The Morgan fingerprint density at radius 1 is 1.21 bits per heavy atom. The number of carbonyl (C=O) groups is 2. The number of thiophene rings is 1. The van der Waals surface area contributed by atoms with Crippen LogP contribution in [0.5, 0.6) is 0 Å². The molecule has 2 amide bonds. The van der Waals surface area contributed by atoms with Crippen molar-refractivity contribution in [2.75, 3.05) is 5.32 Å². The van der Waals surface area contributed by atoms with Crippen molar-refractivity contribution in [1.29, 1.82) is 0 Å². The SMILES string of the molecule is Cc1ccc(C(C)NC(=O)c2sc(NC(=O)C(C)(C)C)cc2C)o1. The molecule has 5 nitrogen and oxygen atoms in total. The van der Waals surface area contributed by atoms with Gasteiger partial charge in [-0.25, -0.2) is 0 Å². The predicted molar refractivity (Wildman–Crippen MR) is 96.5 cm³/mol. The number of rotatable bonds is 4. The molecule has 0 aliphatic carbocycles. The minimum atomic E-state index is -0.480. The fourth-order valence-corrected chi connectivity index (χ4v) is 3.06. The van der Waals surface area contributed by atoms with E-state index in [1.54, 1.807) is 0 Å². The van der Waals surface area contributed by atoms with Gasteiger partial charge in [-0.3, -0.25) is 9.59 Å². The molecule has 0 aromatic carbocycles. The highest BCUT2D eigenvalue weighted by Gasteiger charge is 2.23. The van der Waals surface area contributed by atoms with E-state index in [0.717, 1.165) is 17.1 Å². The minimum Gasteiger partial charge on any atom is -0.464 e. The molecule has 2 rings (SSSR count). The quantitative estimate of drug-likeness (QED) is 0.858. The summed E-state index contributed by atoms with van der Waals surface area (Å²) in [6, 6.07) is 5.33. The van der Waals surface area contributed by atoms with Gasteiger partial charge < -0.3 is 15.1 Å². The lowest BCUT2D eigenvalue weighted by Crippen LogP contribution is -2.27. The average molecular weight is 348 g/mol. The first-order chi connectivity index (χ1) is 11.1. The van der Waals surface area contributed by atoms with Gasteiger partial charge in [0.15, 0.2) is 0 Å². The Morgan fingerprint density at radius 2 is 1.88 bits per heavy atom. The first-order valence-electron chi connectivity index (χ1n) is 7.87. The maximum Gasteiger partial charge on any atom is 0.262 e. The largest absolute Gasteiger partial charge is 0.464 e. The molecule has 2 aromatic heterocycles. The van der Waals surface area contributed by atoms with Gasteiger partial charge in [0.25, 0.3) is 5.91 Å². The van der Waals surface area contributed by atoms with Crippen molar-refractivity contribution < 1.29 is 14.0 Å². The van der Waals surface area contributed by atoms with Gasteiger partial charge in [-0.1, -0.05) is 20.8 Å². The lowest BCUT2D eigenvalue weighted by molar-refractivity contribution is -0.123. The Bertz CT molecular complexity index is 753. The van der Waals surface area contributed by atoms with Crippen LogP contribution in [0.4, 0.5) is 5.00 Å². The fourth-order valence-electron chi connectivity index (χ4n) is 2.09. The van der Waals surface area contributed by atoms with Crippen LogP contribution < -0.4 is 10.6 Å². The van der Waals surface area contributed by atoms with E-state index in [4.69, 9.17) is 4.42 Å². The van der Waals surface area contributed by atoms with E-state index < -0.39 is 5.41 Å². The van der Waals surface area contributed by atoms with Crippen LogP contribution in [0.2, 0.25) is 0 Å². The second kappa shape index (κ2) is 6.81. The number of furan rings is 1. The van der Waals surface area contributed by atoms with Gasteiger partial charge in [-0.15, -0.1) is 11.3 Å². The van der Waals surface area contributed by atoms with E-state index in [-0.39, 0.29) is 17.9 Å². The highest BCUT2D eigenvalue weighted by atomic mass is 32.1. The number of anilines is 1. The first-order valence-corrected chi connectivity index (χ1v) is 8.68. The third-order valence-electron chi connectivity index (χ3n) is 3.58. The molecule has 0 saturated heterocycles. The molecule has 0 aliphatic rings. The van der Waals surface area contributed by atoms with Crippen molar-refractivity contribution >= 4 is 28.2 Å². The number of carbonyl (C=O) groups excluding carboxylic acids is 2. The standard InChI is InChI=1S/C18H24N2O3S/c1-10-9-14(20-17(22)18(4,5)6)24-15(10)16(21)19-12(3)13-8-7-11(2)23-13/h7-9,12H,1-6H3,(H,19,21)(H,20,22). The number of amides is 2. The maximum absolute atomic E-state index is 12.5. The highest BCUT2D eigenvalue weighted by molar-refractivity contribution is 7.18. The molecule has 1 unspecified atom stereocenters. The highest BCUT2D eigenvalue weighted by Crippen LogP contribution is 2.29. The summed E-state index contributed by atoms with van der Waals surface area (Å²) in [6.07, 6.45) is 0. The van der Waals surface area contributed by atoms with E-state index in [1.807, 2.05) is 59.7 Å². The summed E-state index contributed by atoms with van der Waals surface area (Å²) in [4.78, 5) is 25.2. The minimum absolute atomic E-state index is 0.0739. The van der Waals surface area contributed by atoms with Crippen molar-refractivity contribution in [3.63, 3.8) is 0 Å². The third kappa shape index (κ3) is 4.26. The van der Waals surface area contributed by atoms with Crippen LogP contribution in [0.3, 0.4) is 0 Å². The van der Waals surface area contributed by atoms with Crippen molar-refractivity contribution in [2.45, 2.75) is 47.6 Å². The second-order valence-electron chi connectivity index (χ2n) is 6.97. The van der Waals surface area contributed by atoms with Gasteiger partial charge in [0.1, 0.15) is 11.5 Å². The summed E-state index contributed by atoms with van der Waals surface area (Å²) in [5.74, 6) is 1.28. The molecule has 6 heteroatoms. The topological polar surface area (TPSA) is 71.3 Å². The van der Waals surface area contributed by atoms with Crippen molar-refractivity contribution in [3.8, 4) is 0 Å². The van der Waals surface area contributed by atoms with Crippen LogP contribution in [-0.2, 0) is 4.79 Å². The molecule has 130 valence electrons. The molecule has 2 heterocycles. The van der Waals surface area contributed by atoms with E-state index in [0.29, 0.717) is 9.88 Å². The molecule has 24 heavy (non-hydrogen) atoms. The van der Waals surface area contributed by atoms with Crippen molar-refractivity contribution in [3.05, 3.63) is 40.2 Å². The smallest absolute Gasteiger partial charge is 0.262 e. The maximum atomic E-state index is 12.5. The Kier molecular flexibility index (Phi) is 5.18. The summed E-state index contributed by atoms with van der Waals surface area (Å²) >= 11 is 1.28. The van der Waals surface area contributed by atoms with E-state index in [1.165, 1.54) is 11.3 Å². The second-order valence-corrected chi connectivity index (χ2v) is 8.02. The molecule has 0 bridgehead atoms. The normalized spacial score (nSPS) is 12.8. The summed E-state index contributed by atoms with van der Waals surface area (Å²) in [7, 11) is 0. The zero-order valence-corrected chi connectivity index (χ0v) is 15.8. The van der Waals surface area contributed by atoms with Crippen molar-refractivity contribution in [2.24, 2.45) is 5.41 Å². The van der Waals surface area contributed by atoms with E-state index in [9.17, 15) is 9.59 Å². The van der Waals surface area contributed by atoms with Crippen LogP contribution in [0.25, 0.3) is 0 Å². The summed E-state index contributed by atoms with van der Waals surface area (Å²) in [5.41, 5.74) is 0.357. The number of nitrogens with one attached hydrogen (secondary N) is 2. The Morgan fingerprint density at radius 3 is 2.42 bits per heavy atom. The zero-order chi connectivity index (χ0) is 18.1. The molecule has 2 N–H and O–H groups in total. The third-order valence-corrected chi connectivity index (χ3v) is 4.73. The molecule has 2 aromatic rings. The van der Waals surface area contributed by atoms with Gasteiger partial charge >= 0.3 is 0 Å². The Hall–Kier alpha value is -2.08. The predicted octanol–water partition coefficient (Wildman–Crippen LogP) is 4.43. The fraction of sp³-hybridized carbons (Fsp3) is 0.444. The van der Waals surface area contributed by atoms with Crippen molar-refractivity contribution in [1.82, 2.24) is 5.32 Å². The molecular formula is C18H24N2O3S. The van der Waals surface area contributed by atoms with E-state index in [2.05, 4.69) is 10.6 Å². The van der Waals surface area contributed by atoms with Gasteiger partial charge in [-0.2, -0.15) is 0 Å². The summed E-state index contributed by atoms with van der Waals surface area (Å²) < 4.78 is 5.54. The van der Waals surface area contributed by atoms with Gasteiger partial charge in [0.2, 0.25) is 5.91 Å². The summed E-state index contributed by atoms with van der Waals surface area (Å²) in [5, 5.41) is 6.48. The van der Waals surface area contributed by atoms with Crippen LogP contribution in [0, 0.1) is 19.3 Å². The molecule has 1 atom stereocenters. The molecule has 0 spiro atoms. The number of hydrogen-bond donors (Lipinski definition) is 2. The number of aryl methyl sites for hydroxylation is 2. The Balaban J connectivity index is 2.09. The molecular weight excluding hydrogens is 324 g/mol. The van der Waals surface area contributed by atoms with Crippen LogP contribution in [0.15, 0.2) is 22.6 Å². The first kappa shape index (κ1) is 18.3. The van der Waals surface area contributed by atoms with Gasteiger partial charge in [0, 0.05) is 5.41 Å². The van der Waals surface area contributed by atoms with Gasteiger partial charge in [-0.05, 0) is 44.5 Å². The average Bonchev–Trinajstić information content (AvgIpc) is 3.04. The Labute approximate surface area is 146 Å². The molecule has 0 aliphatic heterocycles. The lowest BCUT2D eigenvalue weighted by atomic mass is 9.96. The number of hydrogen-bond acceptors (Lipinski definition) is 4. The molecule has 0 fully saturated rings. The lowest BCUT2D eigenvalue weighted by Gasteiger charge is -2.16.